The van der Waals surface area contributed by atoms with Gasteiger partial charge in [-0.3, -0.25) is 9.13 Å². The molecule has 14 heavy (non-hydrogen) atoms. The van der Waals surface area contributed by atoms with Crippen LogP contribution in [0.1, 0.15) is 0 Å². The Bertz CT molecular complexity index is 266. The number of nitrogens with one attached hydrogen (secondary N) is 2. The third-order valence-corrected chi connectivity index (χ3v) is 3.18. The molecule has 0 amide bonds. The molecule has 0 unspecified atom stereocenters. The first-order valence-electron chi connectivity index (χ1n) is 3.08. The molecule has 0 aliphatic rings. The van der Waals surface area contributed by atoms with Gasteiger partial charge in [-0.05, 0) is 0 Å². The lowest BCUT2D eigenvalue weighted by Gasteiger charge is -2.07. The molecule has 0 heterocycles. The van der Waals surface area contributed by atoms with Gasteiger partial charge in [-0.15, -0.1) is 0 Å². The molecule has 0 fully saturated rings. The molecule has 12 heteroatoms. The first-order chi connectivity index (χ1) is 6.10. The molecule has 6 N–H and O–H groups in total. The first-order valence-corrected chi connectivity index (χ1v) is 7.82. The maximum Gasteiger partial charge on any atom is 0.340 e. The van der Waals surface area contributed by atoms with E-state index in [2.05, 4.69) is 0 Å². The van der Waals surface area contributed by atoms with Crippen LogP contribution in [0.25, 0.3) is 0 Å². The van der Waals surface area contributed by atoms with Crippen molar-refractivity contribution in [3.05, 3.63) is 0 Å². The molecule has 0 aromatic carbocycles. The quantitative estimate of drug-likeness (QED) is 0.304. The average molecular weight is 268 g/mol. The van der Waals surface area contributed by atoms with Crippen molar-refractivity contribution in [1.82, 2.24) is 9.44 Å². The minimum absolute atomic E-state index is 0.840. The normalized spacial score (nSPS) is 13.5. The van der Waals surface area contributed by atoms with Crippen LogP contribution in [0.5, 0.6) is 0 Å². The Balaban J connectivity index is 3.79. The van der Waals surface area contributed by atoms with Gasteiger partial charge in [-0.2, -0.15) is 0 Å². The standard InChI is InChI=1S/C2H10N2O7P2S/c5-12(6,7)1-3-14(11)4-2-13(8,9)10/h3-4H,1-2H2,(H2,5,6,7)(H2,8,9,10). The molecule has 0 radical (unpaired) electrons. The molecule has 0 saturated heterocycles. The molecule has 0 aromatic heterocycles. The van der Waals surface area contributed by atoms with E-state index in [0.29, 0.717) is 0 Å². The lowest BCUT2D eigenvalue weighted by Crippen LogP contribution is -2.31. The van der Waals surface area contributed by atoms with E-state index in [4.69, 9.17) is 19.6 Å². The highest BCUT2D eigenvalue weighted by Crippen LogP contribution is 2.33. The molecule has 0 aliphatic carbocycles. The molecule has 0 spiro atoms. The van der Waals surface area contributed by atoms with Crippen LogP contribution in [0.4, 0.5) is 0 Å². The third-order valence-electron chi connectivity index (χ3n) is 0.803. The summed E-state index contributed by atoms with van der Waals surface area (Å²) in [6, 6.07) is 0. The van der Waals surface area contributed by atoms with Gasteiger partial charge in [0.2, 0.25) is 0 Å². The van der Waals surface area contributed by atoms with Crippen molar-refractivity contribution in [3.63, 3.8) is 0 Å². The van der Waals surface area contributed by atoms with Gasteiger partial charge in [0.15, 0.2) is 11.2 Å². The van der Waals surface area contributed by atoms with Gasteiger partial charge in [0, 0.05) is 0 Å². The summed E-state index contributed by atoms with van der Waals surface area (Å²) in [7, 11) is -8.64. The predicted octanol–water partition coefficient (Wildman–Crippen LogP) is -1.99. The zero-order chi connectivity index (χ0) is 11.4. The highest BCUT2D eigenvalue weighted by molar-refractivity contribution is 7.81. The molecule has 0 aliphatic heterocycles. The minimum Gasteiger partial charge on any atom is -0.324 e. The Morgan fingerprint density at radius 1 is 0.929 bits per heavy atom. The molecule has 0 atom stereocenters. The van der Waals surface area contributed by atoms with Crippen LogP contribution in [0.2, 0.25) is 0 Å². The second-order valence-electron chi connectivity index (χ2n) is 2.20. The Labute approximate surface area is 82.0 Å². The highest BCUT2D eigenvalue weighted by Gasteiger charge is 2.17. The Morgan fingerprint density at radius 2 is 1.21 bits per heavy atom. The van der Waals surface area contributed by atoms with Gasteiger partial charge in [0.05, 0.1) is 0 Å². The fourth-order valence-electron chi connectivity index (χ4n) is 0.336. The topological polar surface area (TPSA) is 156 Å². The summed E-state index contributed by atoms with van der Waals surface area (Å²) >= 11 is -2.10. The van der Waals surface area contributed by atoms with Gasteiger partial charge >= 0.3 is 15.2 Å². The van der Waals surface area contributed by atoms with Crippen molar-refractivity contribution in [3.8, 4) is 0 Å². The van der Waals surface area contributed by atoms with Crippen LogP contribution in [0.3, 0.4) is 0 Å². The molecule has 86 valence electrons. The zero-order valence-electron chi connectivity index (χ0n) is 6.73. The van der Waals surface area contributed by atoms with Gasteiger partial charge in [-0.25, -0.2) is 13.7 Å². The van der Waals surface area contributed by atoms with Gasteiger partial charge < -0.3 is 19.6 Å². The number of hydrogen-bond acceptors (Lipinski definition) is 3. The van der Waals surface area contributed by atoms with Crippen LogP contribution in [-0.4, -0.2) is 36.4 Å². The summed E-state index contributed by atoms with van der Waals surface area (Å²) in [5.74, 6) is 0. The van der Waals surface area contributed by atoms with Gasteiger partial charge in [-0.1, -0.05) is 0 Å². The predicted molar refractivity (Wildman–Crippen MR) is 48.2 cm³/mol. The second-order valence-corrected chi connectivity index (χ2v) is 6.61. The van der Waals surface area contributed by atoms with Crippen molar-refractivity contribution in [2.75, 3.05) is 12.6 Å². The van der Waals surface area contributed by atoms with E-state index < -0.39 is 38.9 Å². The van der Waals surface area contributed by atoms with Crippen molar-refractivity contribution >= 4 is 26.4 Å². The van der Waals surface area contributed by atoms with Crippen molar-refractivity contribution in [1.29, 1.82) is 0 Å². The van der Waals surface area contributed by atoms with Gasteiger partial charge in [0.1, 0.15) is 12.6 Å². The van der Waals surface area contributed by atoms with E-state index in [0.717, 1.165) is 0 Å². The molecular formula is C2H10N2O7P2S. The molecule has 0 rings (SSSR count). The van der Waals surface area contributed by atoms with Crippen molar-refractivity contribution < 1.29 is 32.9 Å². The average Bonchev–Trinajstić information content (AvgIpc) is 1.94. The summed E-state index contributed by atoms with van der Waals surface area (Å²) < 4.78 is 34.9. The maximum atomic E-state index is 10.7. The molecule has 9 nitrogen and oxygen atoms in total. The van der Waals surface area contributed by atoms with E-state index in [1.54, 1.807) is 0 Å². The van der Waals surface area contributed by atoms with Gasteiger partial charge in [0.25, 0.3) is 0 Å². The van der Waals surface area contributed by atoms with E-state index in [-0.39, 0.29) is 0 Å². The Hall–Kier alpha value is 0.370. The van der Waals surface area contributed by atoms with Crippen LogP contribution in [-0.2, 0) is 20.3 Å². The molecular weight excluding hydrogens is 258 g/mol. The molecule has 0 aromatic rings. The lowest BCUT2D eigenvalue weighted by molar-refractivity contribution is 0.371. The van der Waals surface area contributed by atoms with Crippen LogP contribution in [0.15, 0.2) is 0 Å². The second kappa shape index (κ2) is 5.45. The van der Waals surface area contributed by atoms with E-state index in [9.17, 15) is 13.3 Å². The summed E-state index contributed by atoms with van der Waals surface area (Å²) in [6.45, 7) is 0. The van der Waals surface area contributed by atoms with E-state index in [1.165, 1.54) is 0 Å². The number of rotatable bonds is 6. The summed E-state index contributed by atoms with van der Waals surface area (Å²) in [5, 5.41) is 0. The fraction of sp³-hybridized carbons (Fsp3) is 1.00. The summed E-state index contributed by atoms with van der Waals surface area (Å²) in [4.78, 5) is 33.3. The van der Waals surface area contributed by atoms with Crippen LogP contribution >= 0.6 is 15.2 Å². The smallest absolute Gasteiger partial charge is 0.324 e. The van der Waals surface area contributed by atoms with Crippen molar-refractivity contribution in [2.45, 2.75) is 0 Å². The first kappa shape index (κ1) is 14.4. The number of hydrogen-bond donors (Lipinski definition) is 6. The fourth-order valence-corrected chi connectivity index (χ4v) is 2.72. The highest BCUT2D eigenvalue weighted by atomic mass is 32.2. The SMILES string of the molecule is O=S(NCP(=O)(O)O)NCP(=O)(O)O. The van der Waals surface area contributed by atoms with E-state index in [1.807, 2.05) is 9.44 Å². The molecule has 0 bridgehead atoms. The lowest BCUT2D eigenvalue weighted by atomic mass is 11.5. The monoisotopic (exact) mass is 268 g/mol. The van der Waals surface area contributed by atoms with E-state index >= 15 is 0 Å². The summed E-state index contributed by atoms with van der Waals surface area (Å²) in [5.41, 5.74) is 0. The Morgan fingerprint density at radius 3 is 1.43 bits per heavy atom. The largest absolute Gasteiger partial charge is 0.340 e. The Kier molecular flexibility index (Phi) is 5.60. The van der Waals surface area contributed by atoms with Crippen LogP contribution < -0.4 is 9.44 Å². The van der Waals surface area contributed by atoms with Crippen LogP contribution in [0, 0.1) is 0 Å². The maximum absolute atomic E-state index is 10.7. The third kappa shape index (κ3) is 10.5. The minimum atomic E-state index is -4.32. The van der Waals surface area contributed by atoms with Crippen molar-refractivity contribution in [2.24, 2.45) is 0 Å². The zero-order valence-corrected chi connectivity index (χ0v) is 9.34. The summed E-state index contributed by atoms with van der Waals surface area (Å²) in [6.07, 6.45) is -1.68. The molecule has 0 saturated carbocycles.